The van der Waals surface area contributed by atoms with Crippen LogP contribution < -0.4 is 66.7 Å². The Kier molecular flexibility index (Phi) is 48.2. The predicted octanol–water partition coefficient (Wildman–Crippen LogP) is 26.7. The third-order valence-electron chi connectivity index (χ3n) is 27.1. The summed E-state index contributed by atoms with van der Waals surface area (Å²) in [5.74, 6) is 2.77. The van der Waals surface area contributed by atoms with Crippen molar-refractivity contribution in [2.24, 2.45) is 43.3 Å². The molecule has 3 unspecified atom stereocenters. The first-order valence-corrected chi connectivity index (χ1v) is 55.8. The zero-order valence-electron chi connectivity index (χ0n) is 95.0. The zero-order valence-corrected chi connectivity index (χ0v) is 95.8. The standard InChI is InChI=1S/C17H28N2.C17H27NO.2C16H26N2.C16H25NO.C15H23ClN2.C15H23NO.C15H23N/c1-17(2,3)12-14-7-9-15(10-8-14)19(4)16-6-5-11-18-13-16;1-17(2,3)13-14-5-7-15(8-6-14)19-16-9-11-18(4)12-10-16;1-13-11-14(12-16(2,3)4)5-6-15(13)18-9-7-17-8-10-18;2*1-16(2,3)12-13-4-6-14(7-5-13)18-15-8-10-17-11-9-15;1-15(2,3)11-12-4-5-14(13(16)10-12)18-8-6-17-7-9-18;1-15(2,3)10-12-4-6-13(7-5-12)14-11-16-8-9-17-14;1-15(2,3)10-12-4-6-13(7-5-12)14-8-9-16-11-14/h7-10,16,18H,5-6,11-13H2,1-4H3;5-8,16H,9-13H2,1-4H3;5-6,11,17H,7-10,12H2,1-4H3;4-7,15,17-18H,8-12H2,1-3H3;4-7,15,17H,8-12H2,1-3H3;4-5,10,17H,6-9,11H2,1-3H3;4-7,14,16H,8-11H2,1-3H3;4-7,14,16H,8-11H2,1-3H3. The fourth-order valence-electron chi connectivity index (χ4n) is 20.2. The molecule has 794 valence electrons. The number of nitrogens with one attached hydrogen (secondary N) is 8. The number of hydrogen-bond donors (Lipinski definition) is 8. The molecule has 3 atom stereocenters. The van der Waals surface area contributed by atoms with Crippen molar-refractivity contribution in [3.63, 3.8) is 0 Å². The maximum absolute atomic E-state index is 6.43. The van der Waals surface area contributed by atoms with Gasteiger partial charge in [-0.25, -0.2) is 0 Å². The minimum atomic E-state index is 0.229. The van der Waals surface area contributed by atoms with Crippen LogP contribution in [-0.2, 0) is 56.1 Å². The lowest BCUT2D eigenvalue weighted by Gasteiger charge is -2.33. The summed E-state index contributed by atoms with van der Waals surface area (Å²) in [5.41, 5.74) is 23.5. The summed E-state index contributed by atoms with van der Waals surface area (Å²) in [7, 11) is 4.40. The smallest absolute Gasteiger partial charge is 0.119 e. The summed E-state index contributed by atoms with van der Waals surface area (Å²) in [6.07, 6.45) is 20.9. The molecule has 0 radical (unpaired) electrons. The molecule has 8 aromatic carbocycles. The second-order valence-corrected chi connectivity index (χ2v) is 52.5. The van der Waals surface area contributed by atoms with Crippen LogP contribution in [-0.4, -0.2) is 181 Å². The Hall–Kier alpha value is -7.51. The highest BCUT2D eigenvalue weighted by atomic mass is 35.5. The van der Waals surface area contributed by atoms with Gasteiger partial charge >= 0.3 is 0 Å². The van der Waals surface area contributed by atoms with E-state index in [4.69, 9.17) is 25.8 Å². The van der Waals surface area contributed by atoms with Gasteiger partial charge in [0.2, 0.25) is 0 Å². The zero-order chi connectivity index (χ0) is 104. The number of likely N-dealkylation sites (N-methyl/N-ethyl adjacent to an activating group) is 1. The molecule has 8 aliphatic rings. The fourth-order valence-corrected chi connectivity index (χ4v) is 20.5. The number of hydrogen-bond acceptors (Lipinski definition) is 15. The number of piperidine rings is 4. The van der Waals surface area contributed by atoms with Gasteiger partial charge in [0, 0.05) is 128 Å². The molecule has 143 heavy (non-hydrogen) atoms. The molecule has 0 spiro atoms. The molecule has 8 N–H and O–H groups in total. The molecule has 0 aliphatic carbocycles. The highest BCUT2D eigenvalue weighted by molar-refractivity contribution is 6.33. The highest BCUT2D eigenvalue weighted by Crippen LogP contribution is 2.36. The topological polar surface area (TPSA) is 137 Å². The summed E-state index contributed by atoms with van der Waals surface area (Å²) in [5, 5.41) is 28.3. The van der Waals surface area contributed by atoms with Crippen LogP contribution in [0.5, 0.6) is 11.5 Å². The minimum Gasteiger partial charge on any atom is -0.490 e. The maximum Gasteiger partial charge on any atom is 0.119 e. The van der Waals surface area contributed by atoms with Gasteiger partial charge in [0.05, 0.1) is 23.4 Å². The number of benzene rings is 8. The van der Waals surface area contributed by atoms with E-state index in [1.807, 2.05) is 0 Å². The van der Waals surface area contributed by atoms with Gasteiger partial charge in [-0.2, -0.15) is 0 Å². The third kappa shape index (κ3) is 49.0. The van der Waals surface area contributed by atoms with Crippen LogP contribution in [0, 0.1) is 50.2 Å². The van der Waals surface area contributed by atoms with E-state index < -0.39 is 0 Å². The number of ether oxygens (including phenoxy) is 3. The van der Waals surface area contributed by atoms with Gasteiger partial charge < -0.3 is 76.3 Å². The van der Waals surface area contributed by atoms with Crippen LogP contribution >= 0.6 is 11.6 Å². The van der Waals surface area contributed by atoms with Gasteiger partial charge in [-0.1, -0.05) is 293 Å². The lowest BCUT2D eigenvalue weighted by atomic mass is 9.87. The number of morpholine rings is 1. The van der Waals surface area contributed by atoms with E-state index in [1.54, 1.807) is 0 Å². The molecule has 16 rings (SSSR count). The highest BCUT2D eigenvalue weighted by Gasteiger charge is 2.27. The van der Waals surface area contributed by atoms with Crippen LogP contribution in [0.2, 0.25) is 5.02 Å². The molecule has 0 bridgehead atoms. The fraction of sp³-hybridized carbons (Fsp3) is 0.622. The van der Waals surface area contributed by atoms with E-state index in [1.165, 1.54) is 129 Å². The van der Waals surface area contributed by atoms with Crippen LogP contribution in [0.25, 0.3) is 0 Å². The second kappa shape index (κ2) is 57.9. The van der Waals surface area contributed by atoms with Crippen LogP contribution in [0.3, 0.4) is 0 Å². The predicted molar refractivity (Wildman–Crippen MR) is 620 cm³/mol. The average molecular weight is 1980 g/mol. The lowest BCUT2D eigenvalue weighted by molar-refractivity contribution is 0.0277. The number of piperazine rings is 2. The molecule has 15 nitrogen and oxygen atoms in total. The second-order valence-electron chi connectivity index (χ2n) is 52.1. The summed E-state index contributed by atoms with van der Waals surface area (Å²) in [6.45, 7) is 79.6. The van der Waals surface area contributed by atoms with Gasteiger partial charge in [0.1, 0.15) is 23.7 Å². The Morgan fingerprint density at radius 1 is 0.343 bits per heavy atom. The van der Waals surface area contributed by atoms with Crippen molar-refractivity contribution in [3.05, 3.63) is 248 Å². The Morgan fingerprint density at radius 2 is 0.692 bits per heavy atom. The molecule has 8 aliphatic heterocycles. The number of rotatable bonds is 20. The van der Waals surface area contributed by atoms with Crippen LogP contribution in [0.1, 0.15) is 297 Å². The number of nitrogens with zero attached hydrogens (tertiary/aromatic N) is 4. The normalized spacial score (nSPS) is 18.8. The van der Waals surface area contributed by atoms with E-state index in [9.17, 15) is 0 Å². The van der Waals surface area contributed by atoms with E-state index >= 15 is 0 Å². The van der Waals surface area contributed by atoms with Gasteiger partial charge in [-0.15, -0.1) is 0 Å². The van der Waals surface area contributed by atoms with Crippen LogP contribution in [0.4, 0.5) is 22.7 Å². The van der Waals surface area contributed by atoms with Gasteiger partial charge in [0.15, 0.2) is 0 Å². The number of anilines is 4. The molecule has 16 heteroatoms. The number of halogens is 1. The third-order valence-corrected chi connectivity index (χ3v) is 27.4. The largest absolute Gasteiger partial charge is 0.490 e. The van der Waals surface area contributed by atoms with Crippen molar-refractivity contribution >= 4 is 34.4 Å². The Bertz CT molecular complexity index is 4640. The molecular weight excluding hydrogens is 1780 g/mol. The Balaban J connectivity index is 0.000000182. The van der Waals surface area contributed by atoms with Crippen molar-refractivity contribution in [2.75, 3.05) is 172 Å². The maximum atomic E-state index is 6.43. The molecule has 8 fully saturated rings. The van der Waals surface area contributed by atoms with Crippen molar-refractivity contribution in [3.8, 4) is 11.5 Å². The van der Waals surface area contributed by atoms with Gasteiger partial charge in [-0.05, 0) is 340 Å². The van der Waals surface area contributed by atoms with Crippen LogP contribution in [0.15, 0.2) is 182 Å². The number of aryl methyl sites for hydroxylation is 1. The molecule has 0 aromatic heterocycles. The first-order valence-electron chi connectivity index (χ1n) is 55.4. The SMILES string of the molecule is CC(C)(C)Cc1ccc(C2CCNC2)cc1.CC(C)(C)Cc1ccc(C2CNCCO2)cc1.CC(C)(C)Cc1ccc(N2CCNCC2)c(Cl)c1.CC(C)(C)Cc1ccc(NC2CCNCC2)cc1.CC(C)(C)Cc1ccc(OC2CCNCC2)cc1.CN(c1ccc(CC(C)(C)C)cc1)C1CCCNC1.CN1CCC(Oc2ccc(CC(C)(C)C)cc2)CC1.Cc1cc(CC(C)(C)C)ccc1N1CCNCC1. The Labute approximate surface area is 878 Å². The van der Waals surface area contributed by atoms with Crippen molar-refractivity contribution in [1.29, 1.82) is 0 Å². The first-order chi connectivity index (χ1) is 67.4. The van der Waals surface area contributed by atoms with Crippen molar-refractivity contribution in [2.45, 2.75) is 319 Å². The summed E-state index contributed by atoms with van der Waals surface area (Å²) < 4.78 is 17.8. The van der Waals surface area contributed by atoms with Gasteiger partial charge in [-0.3, -0.25) is 0 Å². The van der Waals surface area contributed by atoms with Crippen molar-refractivity contribution < 1.29 is 14.2 Å². The molecule has 0 saturated carbocycles. The molecule has 0 amide bonds. The summed E-state index contributed by atoms with van der Waals surface area (Å²) in [4.78, 5) is 9.64. The molecule has 8 heterocycles. The molecular formula is C127H201ClN12O3. The quantitative estimate of drug-likeness (QED) is 0.0367. The monoisotopic (exact) mass is 1980 g/mol. The van der Waals surface area contributed by atoms with E-state index in [2.05, 4.69) is 431 Å². The van der Waals surface area contributed by atoms with Gasteiger partial charge in [0.25, 0.3) is 0 Å². The van der Waals surface area contributed by atoms with E-state index in [-0.39, 0.29) is 6.10 Å². The summed E-state index contributed by atoms with van der Waals surface area (Å²) >= 11 is 6.43. The lowest BCUT2D eigenvalue weighted by Crippen LogP contribution is -2.44. The number of likely N-dealkylation sites (tertiary alicyclic amines) is 1. The minimum absolute atomic E-state index is 0.229. The molecule has 8 saturated heterocycles. The summed E-state index contributed by atoms with van der Waals surface area (Å²) in [6, 6.07) is 68.3. The molecule has 8 aromatic rings. The Morgan fingerprint density at radius 3 is 1.08 bits per heavy atom. The van der Waals surface area contributed by atoms with E-state index in [0.717, 1.165) is 224 Å². The first kappa shape index (κ1) is 119. The van der Waals surface area contributed by atoms with E-state index in [0.29, 0.717) is 67.6 Å². The average Bonchev–Trinajstić information content (AvgIpc) is 0.901. The van der Waals surface area contributed by atoms with Crippen molar-refractivity contribution in [1.82, 2.24) is 42.1 Å².